The van der Waals surface area contributed by atoms with Crippen LogP contribution in [-0.4, -0.2) is 17.4 Å². The summed E-state index contributed by atoms with van der Waals surface area (Å²) in [6.07, 6.45) is 1.73. The molecule has 0 saturated heterocycles. The Bertz CT molecular complexity index is 598. The lowest BCUT2D eigenvalue weighted by Gasteiger charge is -2.14. The first-order chi connectivity index (χ1) is 10.1. The van der Waals surface area contributed by atoms with Crippen molar-refractivity contribution in [1.82, 2.24) is 10.3 Å². The van der Waals surface area contributed by atoms with Crippen molar-refractivity contribution >= 4 is 29.7 Å². The van der Waals surface area contributed by atoms with Gasteiger partial charge >= 0.3 is 0 Å². The van der Waals surface area contributed by atoms with Crippen LogP contribution < -0.4 is 11.1 Å². The first kappa shape index (κ1) is 18.6. The van der Waals surface area contributed by atoms with Gasteiger partial charge < -0.3 is 11.1 Å². The number of rotatable bonds is 6. The van der Waals surface area contributed by atoms with Crippen molar-refractivity contribution in [2.45, 2.75) is 32.7 Å². The Morgan fingerprint density at radius 1 is 1.36 bits per heavy atom. The zero-order valence-corrected chi connectivity index (χ0v) is 14.5. The minimum absolute atomic E-state index is 0. The zero-order valence-electron chi connectivity index (χ0n) is 12.8. The predicted octanol–water partition coefficient (Wildman–Crippen LogP) is 3.12. The number of thiazole rings is 1. The predicted molar refractivity (Wildman–Crippen MR) is 93.8 cm³/mol. The smallest absolute Gasteiger partial charge is 0.271 e. The Labute approximate surface area is 141 Å². The van der Waals surface area contributed by atoms with Gasteiger partial charge in [0.15, 0.2) is 0 Å². The number of amides is 1. The van der Waals surface area contributed by atoms with E-state index in [0.717, 1.165) is 17.0 Å². The van der Waals surface area contributed by atoms with Gasteiger partial charge in [0.1, 0.15) is 5.69 Å². The third kappa shape index (κ3) is 4.80. The summed E-state index contributed by atoms with van der Waals surface area (Å²) in [6, 6.07) is 8.28. The highest BCUT2D eigenvalue weighted by molar-refractivity contribution is 7.09. The number of carbonyl (C=O) groups excluding carboxylic acids is 1. The number of benzene rings is 1. The summed E-state index contributed by atoms with van der Waals surface area (Å²) in [5.74, 6) is -0.137. The van der Waals surface area contributed by atoms with E-state index in [4.69, 9.17) is 5.73 Å². The number of nitrogens with two attached hydrogens (primary N) is 1. The molecule has 1 unspecified atom stereocenters. The molecule has 0 aliphatic rings. The van der Waals surface area contributed by atoms with Crippen LogP contribution in [0.3, 0.4) is 0 Å². The van der Waals surface area contributed by atoms with Crippen LogP contribution in [0.2, 0.25) is 0 Å². The van der Waals surface area contributed by atoms with Crippen LogP contribution >= 0.6 is 23.7 Å². The monoisotopic (exact) mass is 339 g/mol. The van der Waals surface area contributed by atoms with Crippen molar-refractivity contribution in [3.8, 4) is 0 Å². The number of nitrogens with one attached hydrogen (secondary N) is 1. The standard InChI is InChI=1S/C16H21N3OS.ClH/c1-3-12-4-6-13(7-5-12)11(2)18-16(20)14-10-21-15(19-14)8-9-17;/h4-7,10-11H,3,8-9,17H2,1-2H3,(H,18,20);1H. The highest BCUT2D eigenvalue weighted by Gasteiger charge is 2.14. The largest absolute Gasteiger partial charge is 0.344 e. The fourth-order valence-corrected chi connectivity index (χ4v) is 2.84. The van der Waals surface area contributed by atoms with Crippen molar-refractivity contribution in [3.63, 3.8) is 0 Å². The molecule has 2 rings (SSSR count). The molecule has 22 heavy (non-hydrogen) atoms. The second-order valence-corrected chi connectivity index (χ2v) is 5.90. The van der Waals surface area contributed by atoms with E-state index in [1.165, 1.54) is 16.9 Å². The van der Waals surface area contributed by atoms with Gasteiger partial charge in [-0.15, -0.1) is 23.7 Å². The summed E-state index contributed by atoms with van der Waals surface area (Å²) in [5.41, 5.74) is 8.36. The average molecular weight is 340 g/mol. The number of carbonyl (C=O) groups is 1. The molecule has 0 fully saturated rings. The third-order valence-electron chi connectivity index (χ3n) is 3.38. The Kier molecular flexibility index (Phi) is 7.51. The lowest BCUT2D eigenvalue weighted by molar-refractivity contribution is 0.0935. The molecule has 6 heteroatoms. The van der Waals surface area contributed by atoms with Gasteiger partial charge in [-0.3, -0.25) is 4.79 Å². The maximum absolute atomic E-state index is 12.2. The van der Waals surface area contributed by atoms with E-state index in [9.17, 15) is 4.79 Å². The fraction of sp³-hybridized carbons (Fsp3) is 0.375. The highest BCUT2D eigenvalue weighted by Crippen LogP contribution is 2.16. The van der Waals surface area contributed by atoms with Crippen LogP contribution in [-0.2, 0) is 12.8 Å². The number of aryl methyl sites for hydroxylation is 1. The molecular weight excluding hydrogens is 318 g/mol. The second kappa shape index (κ2) is 8.88. The fourth-order valence-electron chi connectivity index (χ4n) is 2.05. The zero-order chi connectivity index (χ0) is 15.2. The number of aromatic nitrogens is 1. The Hall–Kier alpha value is -1.43. The molecular formula is C16H22ClN3OS. The van der Waals surface area contributed by atoms with Gasteiger partial charge in [0, 0.05) is 11.8 Å². The normalized spacial score (nSPS) is 11.6. The van der Waals surface area contributed by atoms with E-state index in [-0.39, 0.29) is 24.4 Å². The summed E-state index contributed by atoms with van der Waals surface area (Å²) in [5, 5.41) is 5.67. The SMILES string of the molecule is CCc1ccc(C(C)NC(=O)c2csc(CCN)n2)cc1.Cl. The van der Waals surface area contributed by atoms with Crippen LogP contribution in [0.5, 0.6) is 0 Å². The van der Waals surface area contributed by atoms with Gasteiger partial charge in [0.2, 0.25) is 0 Å². The molecule has 0 aliphatic heterocycles. The Morgan fingerprint density at radius 2 is 2.05 bits per heavy atom. The minimum Gasteiger partial charge on any atom is -0.344 e. The first-order valence-electron chi connectivity index (χ1n) is 7.18. The quantitative estimate of drug-likeness (QED) is 0.849. The van der Waals surface area contributed by atoms with Crippen LogP contribution in [0.4, 0.5) is 0 Å². The number of hydrogen-bond donors (Lipinski definition) is 2. The van der Waals surface area contributed by atoms with Gasteiger partial charge in [0.05, 0.1) is 11.0 Å². The second-order valence-electron chi connectivity index (χ2n) is 4.96. The molecule has 0 radical (unpaired) electrons. The lowest BCUT2D eigenvalue weighted by atomic mass is 10.0. The van der Waals surface area contributed by atoms with E-state index < -0.39 is 0 Å². The van der Waals surface area contributed by atoms with Gasteiger partial charge in [0.25, 0.3) is 5.91 Å². The van der Waals surface area contributed by atoms with Gasteiger partial charge in [-0.05, 0) is 31.0 Å². The summed E-state index contributed by atoms with van der Waals surface area (Å²) >= 11 is 1.48. The minimum atomic E-state index is -0.137. The number of hydrogen-bond acceptors (Lipinski definition) is 4. The molecule has 0 spiro atoms. The van der Waals surface area contributed by atoms with Crippen LogP contribution in [0.25, 0.3) is 0 Å². The molecule has 3 N–H and O–H groups in total. The van der Waals surface area contributed by atoms with Crippen molar-refractivity contribution in [2.24, 2.45) is 5.73 Å². The third-order valence-corrected chi connectivity index (χ3v) is 4.29. The molecule has 1 atom stereocenters. The Balaban J connectivity index is 0.00000242. The maximum atomic E-state index is 12.2. The molecule has 0 aliphatic carbocycles. The molecule has 2 aromatic rings. The van der Waals surface area contributed by atoms with E-state index in [2.05, 4.69) is 41.5 Å². The summed E-state index contributed by atoms with van der Waals surface area (Å²) in [6.45, 7) is 4.65. The van der Waals surface area contributed by atoms with Crippen LogP contribution in [0.1, 0.15) is 46.5 Å². The van der Waals surface area contributed by atoms with E-state index in [0.29, 0.717) is 18.7 Å². The molecule has 0 bridgehead atoms. The van der Waals surface area contributed by atoms with E-state index in [1.54, 1.807) is 5.38 Å². The van der Waals surface area contributed by atoms with Crippen molar-refractivity contribution < 1.29 is 4.79 Å². The lowest BCUT2D eigenvalue weighted by Crippen LogP contribution is -2.27. The number of nitrogens with zero attached hydrogens (tertiary/aromatic N) is 1. The molecule has 4 nitrogen and oxygen atoms in total. The summed E-state index contributed by atoms with van der Waals surface area (Å²) in [7, 11) is 0. The van der Waals surface area contributed by atoms with Gasteiger partial charge in [-0.25, -0.2) is 4.98 Å². The molecule has 120 valence electrons. The van der Waals surface area contributed by atoms with E-state index >= 15 is 0 Å². The van der Waals surface area contributed by atoms with Crippen LogP contribution in [0, 0.1) is 0 Å². The number of halogens is 1. The summed E-state index contributed by atoms with van der Waals surface area (Å²) in [4.78, 5) is 16.5. The molecule has 0 saturated carbocycles. The average Bonchev–Trinajstić information content (AvgIpc) is 2.96. The highest BCUT2D eigenvalue weighted by atomic mass is 35.5. The maximum Gasteiger partial charge on any atom is 0.271 e. The molecule has 1 amide bonds. The van der Waals surface area contributed by atoms with Gasteiger partial charge in [-0.1, -0.05) is 31.2 Å². The van der Waals surface area contributed by atoms with Crippen molar-refractivity contribution in [1.29, 1.82) is 0 Å². The summed E-state index contributed by atoms with van der Waals surface area (Å²) < 4.78 is 0. The van der Waals surface area contributed by atoms with E-state index in [1.807, 2.05) is 6.92 Å². The van der Waals surface area contributed by atoms with Crippen molar-refractivity contribution in [2.75, 3.05) is 6.54 Å². The Morgan fingerprint density at radius 3 is 2.64 bits per heavy atom. The molecule has 1 aromatic heterocycles. The van der Waals surface area contributed by atoms with Gasteiger partial charge in [-0.2, -0.15) is 0 Å². The van der Waals surface area contributed by atoms with Crippen molar-refractivity contribution in [3.05, 3.63) is 51.5 Å². The molecule has 1 heterocycles. The first-order valence-corrected chi connectivity index (χ1v) is 8.06. The molecule has 1 aromatic carbocycles. The van der Waals surface area contributed by atoms with Crippen LogP contribution in [0.15, 0.2) is 29.6 Å². The topological polar surface area (TPSA) is 68.0 Å².